The quantitative estimate of drug-likeness (QED) is 0.497. The summed E-state index contributed by atoms with van der Waals surface area (Å²) in [4.78, 5) is 4.83. The van der Waals surface area contributed by atoms with E-state index in [0.717, 1.165) is 11.1 Å². The van der Waals surface area contributed by atoms with Gasteiger partial charge in [-0.05, 0) is 5.56 Å². The number of rotatable bonds is 1. The number of benzene rings is 1. The Labute approximate surface area is 76.9 Å². The Morgan fingerprint density at radius 1 is 1.31 bits per heavy atom. The summed E-state index contributed by atoms with van der Waals surface area (Å²) in [6.45, 7) is 0. The molecule has 0 saturated carbocycles. The third kappa shape index (κ3) is 1.27. The van der Waals surface area contributed by atoms with E-state index >= 15 is 0 Å². The van der Waals surface area contributed by atoms with Crippen molar-refractivity contribution in [2.24, 2.45) is 11.6 Å². The highest BCUT2D eigenvalue weighted by Gasteiger charge is 2.30. The van der Waals surface area contributed by atoms with Gasteiger partial charge in [-0.1, -0.05) is 36.4 Å². The highest BCUT2D eigenvalue weighted by molar-refractivity contribution is 5.58. The van der Waals surface area contributed by atoms with Crippen LogP contribution in [0.2, 0.25) is 0 Å². The molecule has 1 unspecified atom stereocenters. The van der Waals surface area contributed by atoms with Crippen molar-refractivity contribution in [1.82, 2.24) is 0 Å². The van der Waals surface area contributed by atoms with Crippen LogP contribution in [-0.2, 0) is 10.6 Å². The third-order valence-corrected chi connectivity index (χ3v) is 2.35. The first kappa shape index (κ1) is 8.44. The summed E-state index contributed by atoms with van der Waals surface area (Å²) in [5.74, 6) is 5.19. The molecule has 0 spiro atoms. The summed E-state index contributed by atoms with van der Waals surface area (Å²) >= 11 is 0. The Balaban J connectivity index is 2.55. The summed E-state index contributed by atoms with van der Waals surface area (Å²) < 4.78 is 0. The lowest BCUT2D eigenvalue weighted by Gasteiger charge is -2.30. The predicted octanol–water partition coefficient (Wildman–Crippen LogP) is 1.11. The molecule has 3 heteroatoms. The van der Waals surface area contributed by atoms with Gasteiger partial charge in [0, 0.05) is 12.0 Å². The van der Waals surface area contributed by atoms with E-state index < -0.39 is 5.72 Å². The van der Waals surface area contributed by atoms with Crippen molar-refractivity contribution in [1.29, 1.82) is 0 Å². The monoisotopic (exact) mass is 176 g/mol. The maximum absolute atomic E-state index is 5.97. The van der Waals surface area contributed by atoms with E-state index in [0.29, 0.717) is 6.42 Å². The normalized spacial score (nSPS) is 25.7. The molecule has 1 aliphatic carbocycles. The van der Waals surface area contributed by atoms with Crippen LogP contribution in [0.25, 0.3) is 6.08 Å². The van der Waals surface area contributed by atoms with E-state index in [1.54, 1.807) is 0 Å². The summed E-state index contributed by atoms with van der Waals surface area (Å²) in [7, 11) is 0. The molecule has 0 aromatic heterocycles. The van der Waals surface area contributed by atoms with Crippen molar-refractivity contribution in [2.45, 2.75) is 12.1 Å². The average Bonchev–Trinajstić information content (AvgIpc) is 2.19. The van der Waals surface area contributed by atoms with E-state index in [1.165, 1.54) is 0 Å². The van der Waals surface area contributed by atoms with Gasteiger partial charge in [0.15, 0.2) is 5.72 Å². The van der Waals surface area contributed by atoms with E-state index in [-0.39, 0.29) is 0 Å². The molecule has 0 heterocycles. The van der Waals surface area contributed by atoms with Crippen LogP contribution < -0.4 is 11.6 Å². The SMILES string of the molecule is NOC1(N)CC=Cc2ccccc21. The van der Waals surface area contributed by atoms with Crippen molar-refractivity contribution in [3.8, 4) is 0 Å². The van der Waals surface area contributed by atoms with Crippen LogP contribution in [0.1, 0.15) is 17.5 Å². The zero-order valence-corrected chi connectivity index (χ0v) is 7.23. The van der Waals surface area contributed by atoms with Crippen LogP contribution in [0.3, 0.4) is 0 Å². The van der Waals surface area contributed by atoms with Gasteiger partial charge in [0.2, 0.25) is 0 Å². The minimum absolute atomic E-state index is 0.612. The minimum atomic E-state index is -0.856. The lowest BCUT2D eigenvalue weighted by Crippen LogP contribution is -2.43. The molecule has 2 rings (SSSR count). The first-order valence-corrected chi connectivity index (χ1v) is 4.19. The fraction of sp³-hybridized carbons (Fsp3) is 0.200. The fourth-order valence-corrected chi connectivity index (χ4v) is 1.61. The third-order valence-electron chi connectivity index (χ3n) is 2.35. The molecule has 1 aliphatic rings. The standard InChI is InChI=1S/C10H12N2O/c11-10(13-12)7-3-5-8-4-1-2-6-9(8)10/h1-6H,7,11-12H2. The molecule has 68 valence electrons. The fourth-order valence-electron chi connectivity index (χ4n) is 1.61. The van der Waals surface area contributed by atoms with Gasteiger partial charge in [0.05, 0.1) is 0 Å². The molecule has 13 heavy (non-hydrogen) atoms. The Morgan fingerprint density at radius 3 is 2.85 bits per heavy atom. The minimum Gasteiger partial charge on any atom is -0.298 e. The zero-order chi connectivity index (χ0) is 9.31. The second-order valence-electron chi connectivity index (χ2n) is 3.20. The summed E-state index contributed by atoms with van der Waals surface area (Å²) in [6, 6.07) is 7.82. The Hall–Kier alpha value is -1.16. The van der Waals surface area contributed by atoms with Crippen LogP contribution in [0, 0.1) is 0 Å². The van der Waals surface area contributed by atoms with Gasteiger partial charge in [-0.15, -0.1) is 0 Å². The van der Waals surface area contributed by atoms with E-state index in [2.05, 4.69) is 0 Å². The molecule has 0 aliphatic heterocycles. The Kier molecular flexibility index (Phi) is 1.92. The largest absolute Gasteiger partial charge is 0.298 e. The van der Waals surface area contributed by atoms with Gasteiger partial charge >= 0.3 is 0 Å². The first-order valence-electron chi connectivity index (χ1n) is 4.19. The lowest BCUT2D eigenvalue weighted by atomic mass is 9.90. The second kappa shape index (κ2) is 2.96. The summed E-state index contributed by atoms with van der Waals surface area (Å²) in [6.07, 6.45) is 4.61. The molecule has 1 aromatic carbocycles. The first-order chi connectivity index (χ1) is 6.26. The molecule has 0 bridgehead atoms. The molecule has 0 amide bonds. The van der Waals surface area contributed by atoms with Gasteiger partial charge in [0.25, 0.3) is 0 Å². The summed E-state index contributed by atoms with van der Waals surface area (Å²) in [5, 5.41) is 0. The van der Waals surface area contributed by atoms with Crippen molar-refractivity contribution in [2.75, 3.05) is 0 Å². The predicted molar refractivity (Wildman–Crippen MR) is 51.2 cm³/mol. The highest BCUT2D eigenvalue weighted by atomic mass is 16.6. The molecule has 0 saturated heterocycles. The molecule has 0 fully saturated rings. The molecule has 1 aromatic rings. The van der Waals surface area contributed by atoms with Gasteiger partial charge < -0.3 is 0 Å². The van der Waals surface area contributed by atoms with Crippen LogP contribution in [-0.4, -0.2) is 0 Å². The van der Waals surface area contributed by atoms with Crippen LogP contribution >= 0.6 is 0 Å². The van der Waals surface area contributed by atoms with Crippen LogP contribution in [0.4, 0.5) is 0 Å². The maximum Gasteiger partial charge on any atom is 0.167 e. The Morgan fingerprint density at radius 2 is 2.08 bits per heavy atom. The average molecular weight is 176 g/mol. The topological polar surface area (TPSA) is 61.3 Å². The smallest absolute Gasteiger partial charge is 0.167 e. The number of nitrogens with two attached hydrogens (primary N) is 2. The zero-order valence-electron chi connectivity index (χ0n) is 7.23. The maximum atomic E-state index is 5.97. The number of hydrogen-bond acceptors (Lipinski definition) is 3. The van der Waals surface area contributed by atoms with Crippen LogP contribution in [0.15, 0.2) is 30.3 Å². The molecule has 3 nitrogen and oxygen atoms in total. The molecular weight excluding hydrogens is 164 g/mol. The Bertz CT molecular complexity index is 349. The van der Waals surface area contributed by atoms with Gasteiger partial charge in [-0.2, -0.15) is 0 Å². The van der Waals surface area contributed by atoms with Gasteiger partial charge in [0.1, 0.15) is 0 Å². The molecule has 0 radical (unpaired) electrons. The molecule has 4 N–H and O–H groups in total. The summed E-state index contributed by atoms with van der Waals surface area (Å²) in [5.41, 5.74) is 7.13. The van der Waals surface area contributed by atoms with Gasteiger partial charge in [-0.3, -0.25) is 10.6 Å². The van der Waals surface area contributed by atoms with Gasteiger partial charge in [-0.25, -0.2) is 5.90 Å². The van der Waals surface area contributed by atoms with Crippen molar-refractivity contribution in [3.63, 3.8) is 0 Å². The van der Waals surface area contributed by atoms with Crippen molar-refractivity contribution >= 4 is 6.08 Å². The van der Waals surface area contributed by atoms with Crippen molar-refractivity contribution in [3.05, 3.63) is 41.5 Å². The molecule has 1 atom stereocenters. The molecular formula is C10H12N2O. The van der Waals surface area contributed by atoms with E-state index in [9.17, 15) is 0 Å². The second-order valence-corrected chi connectivity index (χ2v) is 3.20. The van der Waals surface area contributed by atoms with Crippen LogP contribution in [0.5, 0.6) is 0 Å². The lowest BCUT2D eigenvalue weighted by molar-refractivity contribution is -0.0476. The number of hydrogen-bond donors (Lipinski definition) is 2. The van der Waals surface area contributed by atoms with E-state index in [1.807, 2.05) is 36.4 Å². The van der Waals surface area contributed by atoms with E-state index in [4.69, 9.17) is 16.5 Å². The number of fused-ring (bicyclic) bond motifs is 1. The highest BCUT2D eigenvalue weighted by Crippen LogP contribution is 2.30. The van der Waals surface area contributed by atoms with Crippen molar-refractivity contribution < 1.29 is 4.84 Å².